The van der Waals surface area contributed by atoms with Gasteiger partial charge in [0, 0.05) is 30.1 Å². The van der Waals surface area contributed by atoms with E-state index in [-0.39, 0.29) is 18.1 Å². The monoisotopic (exact) mass is 455 g/mol. The Hall–Kier alpha value is -1.38. The number of hydrogen-bond donors (Lipinski definition) is 1. The Bertz CT molecular complexity index is 808. The van der Waals surface area contributed by atoms with Crippen molar-refractivity contribution in [1.29, 1.82) is 0 Å². The number of amides is 2. The number of halogens is 1. The second-order valence-electron chi connectivity index (χ2n) is 7.46. The predicted molar refractivity (Wildman–Crippen MR) is 110 cm³/mol. The van der Waals surface area contributed by atoms with Crippen LogP contribution in [0.2, 0.25) is 0 Å². The smallest absolute Gasteiger partial charge is 0.320 e. The van der Waals surface area contributed by atoms with Gasteiger partial charge in [0.1, 0.15) is 0 Å². The van der Waals surface area contributed by atoms with Crippen molar-refractivity contribution in [1.82, 2.24) is 14.5 Å². The van der Waals surface area contributed by atoms with E-state index in [1.54, 1.807) is 0 Å². The van der Waals surface area contributed by atoms with Gasteiger partial charge in [-0.1, -0.05) is 34.1 Å². The summed E-state index contributed by atoms with van der Waals surface area (Å²) < 4.78 is 27.3. The molecule has 2 aliphatic heterocycles. The van der Waals surface area contributed by atoms with Gasteiger partial charge in [-0.15, -0.1) is 6.58 Å². The van der Waals surface area contributed by atoms with E-state index in [1.807, 2.05) is 40.1 Å². The van der Waals surface area contributed by atoms with Crippen molar-refractivity contribution in [3.8, 4) is 0 Å². The molecular weight excluding hydrogens is 430 g/mol. The van der Waals surface area contributed by atoms with E-state index in [9.17, 15) is 13.2 Å². The highest BCUT2D eigenvalue weighted by Crippen LogP contribution is 2.28. The van der Waals surface area contributed by atoms with Gasteiger partial charge >= 0.3 is 6.03 Å². The zero-order valence-corrected chi connectivity index (χ0v) is 17.9. The summed E-state index contributed by atoms with van der Waals surface area (Å²) in [5.41, 5.74) is 1.07. The first-order valence-corrected chi connectivity index (χ1v) is 11.8. The molecule has 1 N–H and O–H groups in total. The van der Waals surface area contributed by atoms with Gasteiger partial charge in [0.05, 0.1) is 12.3 Å². The molecule has 2 amide bonds. The van der Waals surface area contributed by atoms with Crippen molar-refractivity contribution in [3.63, 3.8) is 0 Å². The maximum atomic E-state index is 13.0. The summed E-state index contributed by atoms with van der Waals surface area (Å²) in [6, 6.07) is 7.47. The van der Waals surface area contributed by atoms with Crippen LogP contribution in [0.4, 0.5) is 4.79 Å². The van der Waals surface area contributed by atoms with Gasteiger partial charge in [-0.05, 0) is 42.9 Å². The molecule has 0 spiro atoms. The molecule has 2 fully saturated rings. The predicted octanol–water partition coefficient (Wildman–Crippen LogP) is 2.61. The van der Waals surface area contributed by atoms with Crippen LogP contribution in [0, 0.1) is 5.92 Å². The lowest BCUT2D eigenvalue weighted by atomic mass is 9.96. The van der Waals surface area contributed by atoms with Gasteiger partial charge in [-0.2, -0.15) is 0 Å². The lowest BCUT2D eigenvalue weighted by molar-refractivity contribution is 0.0870. The average Bonchev–Trinajstić information content (AvgIpc) is 2.91. The Balaban J connectivity index is 1.75. The fourth-order valence-corrected chi connectivity index (χ4v) is 5.23. The topological polar surface area (TPSA) is 69.7 Å². The highest BCUT2D eigenvalue weighted by atomic mass is 79.9. The summed E-state index contributed by atoms with van der Waals surface area (Å²) in [6.07, 6.45) is 5.22. The fourth-order valence-electron chi connectivity index (χ4n) is 3.95. The van der Waals surface area contributed by atoms with Gasteiger partial charge in [0.25, 0.3) is 0 Å². The first-order valence-electron chi connectivity index (χ1n) is 9.15. The molecule has 2 aliphatic rings. The zero-order valence-electron chi connectivity index (χ0n) is 15.5. The number of nitrogens with one attached hydrogen (secondary N) is 1. The first kappa shape index (κ1) is 20.4. The molecular formula is C19H26BrN3O3S. The largest absolute Gasteiger partial charge is 0.324 e. The lowest BCUT2D eigenvalue weighted by Gasteiger charge is -2.42. The third-order valence-electron chi connectivity index (χ3n) is 5.22. The van der Waals surface area contributed by atoms with Gasteiger partial charge in [-0.3, -0.25) is 0 Å². The minimum atomic E-state index is -3.34. The SMILES string of the molecule is C=CCC1CN(C(=O)N2CCC(NS(C)(=O)=O)C2Cc2cccc(Br)c2)C1. The second kappa shape index (κ2) is 8.32. The fraction of sp³-hybridized carbons (Fsp3) is 0.526. The van der Waals surface area contributed by atoms with Crippen LogP contribution < -0.4 is 4.72 Å². The second-order valence-corrected chi connectivity index (χ2v) is 10.2. The third kappa shape index (κ3) is 5.12. The van der Waals surface area contributed by atoms with E-state index in [1.165, 1.54) is 6.26 Å². The molecule has 0 aliphatic carbocycles. The van der Waals surface area contributed by atoms with Crippen LogP contribution in [0.25, 0.3) is 0 Å². The summed E-state index contributed by atoms with van der Waals surface area (Å²) in [5.74, 6) is 0.488. The number of nitrogens with zero attached hydrogens (tertiary/aromatic N) is 2. The maximum Gasteiger partial charge on any atom is 0.320 e. The molecule has 3 rings (SSSR count). The Labute approximate surface area is 169 Å². The summed E-state index contributed by atoms with van der Waals surface area (Å²) in [4.78, 5) is 16.7. The molecule has 0 aromatic heterocycles. The highest BCUT2D eigenvalue weighted by molar-refractivity contribution is 9.10. The minimum absolute atomic E-state index is 0.00751. The van der Waals surface area contributed by atoms with E-state index in [2.05, 4.69) is 27.2 Å². The molecule has 6 nitrogen and oxygen atoms in total. The number of rotatable bonds is 6. The third-order valence-corrected chi connectivity index (χ3v) is 6.44. The van der Waals surface area contributed by atoms with E-state index in [4.69, 9.17) is 0 Å². The van der Waals surface area contributed by atoms with Gasteiger partial charge in [-0.25, -0.2) is 17.9 Å². The first-order chi connectivity index (χ1) is 12.8. The number of sulfonamides is 1. The van der Waals surface area contributed by atoms with Crippen molar-refractivity contribution in [2.75, 3.05) is 25.9 Å². The van der Waals surface area contributed by atoms with Crippen LogP contribution in [0.5, 0.6) is 0 Å². The van der Waals surface area contributed by atoms with E-state index < -0.39 is 10.0 Å². The Morgan fingerprint density at radius 2 is 2.15 bits per heavy atom. The Kier molecular flexibility index (Phi) is 6.28. The number of carbonyl (C=O) groups is 1. The van der Waals surface area contributed by atoms with Crippen molar-refractivity contribution in [3.05, 3.63) is 47.0 Å². The lowest BCUT2D eigenvalue weighted by Crippen LogP contribution is -2.57. The van der Waals surface area contributed by atoms with Crippen LogP contribution in [0.1, 0.15) is 18.4 Å². The number of allylic oxidation sites excluding steroid dienone is 1. The van der Waals surface area contributed by atoms with E-state index in [0.29, 0.717) is 25.3 Å². The highest BCUT2D eigenvalue weighted by Gasteiger charge is 2.42. The van der Waals surface area contributed by atoms with Gasteiger partial charge < -0.3 is 9.80 Å². The molecule has 2 atom stereocenters. The molecule has 2 unspecified atom stereocenters. The van der Waals surface area contributed by atoms with E-state index in [0.717, 1.165) is 29.5 Å². The molecule has 0 radical (unpaired) electrons. The summed E-state index contributed by atoms with van der Waals surface area (Å²) in [5, 5.41) is 0. The Morgan fingerprint density at radius 1 is 1.41 bits per heavy atom. The van der Waals surface area contributed by atoms with Crippen molar-refractivity contribution in [2.24, 2.45) is 5.92 Å². The van der Waals surface area contributed by atoms with Crippen LogP contribution >= 0.6 is 15.9 Å². The number of likely N-dealkylation sites (tertiary alicyclic amines) is 2. The molecule has 8 heteroatoms. The average molecular weight is 456 g/mol. The molecule has 0 bridgehead atoms. The number of benzene rings is 1. The summed E-state index contributed by atoms with van der Waals surface area (Å²) >= 11 is 3.48. The normalized spacial score (nSPS) is 23.3. The van der Waals surface area contributed by atoms with Crippen molar-refractivity contribution in [2.45, 2.75) is 31.3 Å². The molecule has 148 valence electrons. The summed E-state index contributed by atoms with van der Waals surface area (Å²) in [7, 11) is -3.34. The molecule has 1 aromatic carbocycles. The number of hydrogen-bond acceptors (Lipinski definition) is 3. The minimum Gasteiger partial charge on any atom is -0.324 e. The molecule has 2 saturated heterocycles. The van der Waals surface area contributed by atoms with Crippen LogP contribution in [0.15, 0.2) is 41.4 Å². The molecule has 27 heavy (non-hydrogen) atoms. The van der Waals surface area contributed by atoms with Gasteiger partial charge in [0.2, 0.25) is 10.0 Å². The molecule has 1 aromatic rings. The maximum absolute atomic E-state index is 13.0. The van der Waals surface area contributed by atoms with Crippen LogP contribution in [-0.4, -0.2) is 62.2 Å². The Morgan fingerprint density at radius 3 is 2.78 bits per heavy atom. The van der Waals surface area contributed by atoms with Crippen molar-refractivity contribution >= 4 is 32.0 Å². The quantitative estimate of drug-likeness (QED) is 0.670. The van der Waals surface area contributed by atoms with Crippen LogP contribution in [0.3, 0.4) is 0 Å². The van der Waals surface area contributed by atoms with Gasteiger partial charge in [0.15, 0.2) is 0 Å². The van der Waals surface area contributed by atoms with E-state index >= 15 is 0 Å². The number of urea groups is 1. The number of carbonyl (C=O) groups excluding carboxylic acids is 1. The van der Waals surface area contributed by atoms with Crippen molar-refractivity contribution < 1.29 is 13.2 Å². The standard InChI is InChI=1S/C19H26BrN3O3S/c1-3-5-15-12-22(13-15)19(24)23-9-8-17(21-27(2,25)26)18(23)11-14-6-4-7-16(20)10-14/h3-4,6-7,10,15,17-18,21H,1,5,8-9,11-13H2,2H3. The van der Waals surface area contributed by atoms with Crippen LogP contribution in [-0.2, 0) is 16.4 Å². The molecule has 0 saturated carbocycles. The zero-order chi connectivity index (χ0) is 19.6. The molecule has 2 heterocycles. The summed E-state index contributed by atoms with van der Waals surface area (Å²) in [6.45, 7) is 5.81.